The number of rotatable bonds is 11. The summed E-state index contributed by atoms with van der Waals surface area (Å²) < 4.78 is 11.3. The summed E-state index contributed by atoms with van der Waals surface area (Å²) in [5.41, 5.74) is 1.39. The van der Waals surface area contributed by atoms with Crippen LogP contribution in [0.1, 0.15) is 126 Å². The summed E-state index contributed by atoms with van der Waals surface area (Å²) in [5, 5.41) is 0. The quantitative estimate of drug-likeness (QED) is 0.217. The van der Waals surface area contributed by atoms with Gasteiger partial charge in [-0.1, -0.05) is 104 Å². The minimum Gasteiger partial charge on any atom is -0.213 e. The van der Waals surface area contributed by atoms with E-state index in [1.54, 1.807) is 6.92 Å². The molecule has 0 heterocycles. The molecule has 4 atom stereocenters. The zero-order valence-corrected chi connectivity index (χ0v) is 23.3. The first-order chi connectivity index (χ1) is 15.4. The summed E-state index contributed by atoms with van der Waals surface area (Å²) in [5.74, 6) is 3.34. The fourth-order valence-corrected chi connectivity index (χ4v) is 4.42. The summed E-state index contributed by atoms with van der Waals surface area (Å²) >= 11 is 0. The summed E-state index contributed by atoms with van der Waals surface area (Å²) in [4.78, 5) is 0. The Morgan fingerprint density at radius 3 is 2.06 bits per heavy atom. The van der Waals surface area contributed by atoms with E-state index in [0.29, 0.717) is 5.92 Å². The third-order valence-corrected chi connectivity index (χ3v) is 6.52. The van der Waals surface area contributed by atoms with Gasteiger partial charge in [0.2, 0.25) is 0 Å². The van der Waals surface area contributed by atoms with Gasteiger partial charge in [-0.2, -0.15) is 0 Å². The minimum atomic E-state index is -0.120. The maximum Gasteiger partial charge on any atom is 0.0926 e. The Balaban J connectivity index is -0.000000803. The molecule has 0 aromatic carbocycles. The zero-order chi connectivity index (χ0) is 25.4. The molecule has 0 spiro atoms. The van der Waals surface area contributed by atoms with Gasteiger partial charge in [0, 0.05) is 0 Å². The van der Waals surface area contributed by atoms with Gasteiger partial charge in [0.15, 0.2) is 0 Å². The molecule has 1 aliphatic carbocycles. The third kappa shape index (κ3) is 19.6. The van der Waals surface area contributed by atoms with E-state index in [1.165, 1.54) is 82.8 Å². The van der Waals surface area contributed by atoms with Crippen molar-refractivity contribution in [2.45, 2.75) is 126 Å². The molecule has 0 saturated heterocycles. The van der Waals surface area contributed by atoms with Gasteiger partial charge in [0.05, 0.1) is 5.83 Å². The van der Waals surface area contributed by atoms with Crippen LogP contribution in [0.5, 0.6) is 0 Å². The Bertz CT molecular complexity index is 455. The summed E-state index contributed by atoms with van der Waals surface area (Å²) in [7, 11) is 0. The summed E-state index contributed by atoms with van der Waals surface area (Å²) in [6.07, 6.45) is 20.2. The standard InChI is InChI=1S/C23H40.C4H7F.2C2H6/c1-6-11-19(4)22(8-3)15-9-13-20(5)23-16-10-14-21(12-7-2)17-18-23;1-3-4(2)5;2*1-2/h6-7,20-23H,1-2,4,8-18H2,3,5H3;3H,1-2H3;2*1-2H3/b;4-3+;;. The molecule has 1 rings (SSSR count). The number of hydrogen-bond donors (Lipinski definition) is 0. The Hall–Kier alpha value is -1.11. The first-order valence-corrected chi connectivity index (χ1v) is 13.6. The van der Waals surface area contributed by atoms with Gasteiger partial charge in [0.25, 0.3) is 0 Å². The number of hydrogen-bond acceptors (Lipinski definition) is 0. The molecule has 0 amide bonds. The van der Waals surface area contributed by atoms with Crippen molar-refractivity contribution < 1.29 is 4.39 Å². The zero-order valence-electron chi connectivity index (χ0n) is 23.3. The minimum absolute atomic E-state index is 0.120. The molecule has 4 unspecified atom stereocenters. The smallest absolute Gasteiger partial charge is 0.0926 e. The second-order valence-electron chi connectivity index (χ2n) is 8.70. The van der Waals surface area contributed by atoms with Crippen LogP contribution >= 0.6 is 0 Å². The van der Waals surface area contributed by atoms with Gasteiger partial charge < -0.3 is 0 Å². The van der Waals surface area contributed by atoms with E-state index in [2.05, 4.69) is 39.7 Å². The van der Waals surface area contributed by atoms with Crippen molar-refractivity contribution >= 4 is 0 Å². The average molecular weight is 451 g/mol. The molecule has 0 nitrogen and oxygen atoms in total. The predicted octanol–water partition coefficient (Wildman–Crippen LogP) is 11.7. The first kappa shape index (κ1) is 35.5. The second kappa shape index (κ2) is 26.1. The SMILES string of the molecule is C/C=C(\C)F.C=CCC(=C)C(CC)CCCC(C)C1CCCC(CC=C)CC1.CC.CC. The van der Waals surface area contributed by atoms with Gasteiger partial charge in [-0.3, -0.25) is 0 Å². The van der Waals surface area contributed by atoms with Crippen molar-refractivity contribution in [3.8, 4) is 0 Å². The maximum absolute atomic E-state index is 11.3. The van der Waals surface area contributed by atoms with Crippen LogP contribution in [-0.2, 0) is 0 Å². The highest BCUT2D eigenvalue weighted by Crippen LogP contribution is 2.35. The molecule has 1 saturated carbocycles. The Morgan fingerprint density at radius 1 is 1.00 bits per heavy atom. The van der Waals surface area contributed by atoms with Crippen LogP contribution in [0.4, 0.5) is 4.39 Å². The summed E-state index contributed by atoms with van der Waals surface area (Å²) in [6, 6.07) is 0. The molecule has 190 valence electrons. The molecule has 0 aromatic rings. The van der Waals surface area contributed by atoms with Gasteiger partial charge >= 0.3 is 0 Å². The van der Waals surface area contributed by atoms with Crippen molar-refractivity contribution in [2.75, 3.05) is 0 Å². The Labute approximate surface area is 203 Å². The normalized spacial score (nSPS) is 19.8. The highest BCUT2D eigenvalue weighted by atomic mass is 19.1. The average Bonchev–Trinajstić information content (AvgIpc) is 3.06. The lowest BCUT2D eigenvalue weighted by Gasteiger charge is -2.24. The summed E-state index contributed by atoms with van der Waals surface area (Å²) in [6.45, 7) is 27.9. The molecule has 1 heteroatoms. The van der Waals surface area contributed by atoms with Crippen LogP contribution in [0.3, 0.4) is 0 Å². The highest BCUT2D eigenvalue weighted by Gasteiger charge is 2.22. The van der Waals surface area contributed by atoms with Crippen LogP contribution in [0, 0.1) is 23.7 Å². The second-order valence-corrected chi connectivity index (χ2v) is 8.70. The molecule has 0 radical (unpaired) electrons. The van der Waals surface area contributed by atoms with E-state index in [-0.39, 0.29) is 5.83 Å². The molecule has 0 bridgehead atoms. The third-order valence-electron chi connectivity index (χ3n) is 6.52. The van der Waals surface area contributed by atoms with Crippen LogP contribution in [0.15, 0.2) is 49.4 Å². The van der Waals surface area contributed by atoms with E-state index in [9.17, 15) is 4.39 Å². The first-order valence-electron chi connectivity index (χ1n) is 13.6. The van der Waals surface area contributed by atoms with Gasteiger partial charge in [-0.25, -0.2) is 4.39 Å². The highest BCUT2D eigenvalue weighted by molar-refractivity contribution is 5.04. The molecule has 0 N–H and O–H groups in total. The Kier molecular flexibility index (Phi) is 29.0. The monoisotopic (exact) mass is 450 g/mol. The molecular formula is C31H59F. The number of allylic oxidation sites excluding steroid dienone is 5. The predicted molar refractivity (Wildman–Crippen MR) is 149 cm³/mol. The van der Waals surface area contributed by atoms with E-state index in [1.807, 2.05) is 33.8 Å². The molecule has 0 aromatic heterocycles. The van der Waals surface area contributed by atoms with Crippen molar-refractivity contribution in [1.82, 2.24) is 0 Å². The van der Waals surface area contributed by atoms with Gasteiger partial charge in [-0.05, 0) is 76.0 Å². The van der Waals surface area contributed by atoms with E-state index in [4.69, 9.17) is 0 Å². The van der Waals surface area contributed by atoms with Crippen LogP contribution in [0.25, 0.3) is 0 Å². The van der Waals surface area contributed by atoms with Crippen molar-refractivity contribution in [3.05, 3.63) is 49.4 Å². The van der Waals surface area contributed by atoms with Gasteiger partial charge in [-0.15, -0.1) is 13.2 Å². The van der Waals surface area contributed by atoms with E-state index >= 15 is 0 Å². The lowest BCUT2D eigenvalue weighted by Crippen LogP contribution is -2.12. The molecule has 32 heavy (non-hydrogen) atoms. The topological polar surface area (TPSA) is 0 Å². The molecule has 0 aliphatic heterocycles. The van der Waals surface area contributed by atoms with Crippen LogP contribution in [-0.4, -0.2) is 0 Å². The lowest BCUT2D eigenvalue weighted by molar-refractivity contribution is 0.287. The fraction of sp³-hybridized carbons (Fsp3) is 0.742. The van der Waals surface area contributed by atoms with E-state index in [0.717, 1.165) is 24.2 Å². The van der Waals surface area contributed by atoms with Crippen LogP contribution in [0.2, 0.25) is 0 Å². The largest absolute Gasteiger partial charge is 0.213 e. The Morgan fingerprint density at radius 2 is 1.59 bits per heavy atom. The van der Waals surface area contributed by atoms with Crippen LogP contribution < -0.4 is 0 Å². The lowest BCUT2D eigenvalue weighted by atomic mass is 9.82. The van der Waals surface area contributed by atoms with Crippen molar-refractivity contribution in [3.63, 3.8) is 0 Å². The molecule has 1 aliphatic rings. The van der Waals surface area contributed by atoms with E-state index < -0.39 is 0 Å². The molecular weight excluding hydrogens is 391 g/mol. The fourth-order valence-electron chi connectivity index (χ4n) is 4.42. The van der Waals surface area contributed by atoms with Crippen molar-refractivity contribution in [2.24, 2.45) is 23.7 Å². The number of halogens is 1. The molecule has 1 fully saturated rings. The maximum atomic E-state index is 11.3. The van der Waals surface area contributed by atoms with Crippen molar-refractivity contribution in [1.29, 1.82) is 0 Å². The van der Waals surface area contributed by atoms with Gasteiger partial charge in [0.1, 0.15) is 0 Å².